The van der Waals surface area contributed by atoms with Crippen molar-refractivity contribution in [3.63, 3.8) is 0 Å². The second kappa shape index (κ2) is 10.6. The van der Waals surface area contributed by atoms with Crippen LogP contribution >= 0.6 is 39.9 Å². The summed E-state index contributed by atoms with van der Waals surface area (Å²) in [5, 5.41) is 2.61. The zero-order valence-electron chi connectivity index (χ0n) is 14.9. The number of hydrogen-bond acceptors (Lipinski definition) is 6. The van der Waals surface area contributed by atoms with Crippen molar-refractivity contribution in [1.29, 1.82) is 0 Å². The largest absolute Gasteiger partial charge is 0.491 e. The minimum absolute atomic E-state index is 0.192. The van der Waals surface area contributed by atoms with Gasteiger partial charge in [-0.2, -0.15) is 0 Å². The third-order valence-electron chi connectivity index (χ3n) is 3.63. The molecule has 0 atom stereocenters. The maximum Gasteiger partial charge on any atom is 0.263 e. The lowest BCUT2D eigenvalue weighted by Crippen LogP contribution is -2.17. The summed E-state index contributed by atoms with van der Waals surface area (Å²) in [7, 11) is 0. The average molecular weight is 480 g/mol. The van der Waals surface area contributed by atoms with E-state index in [1.807, 2.05) is 48.5 Å². The average Bonchev–Trinajstić information content (AvgIpc) is 3.00. The number of ether oxygens (including phenoxy) is 3. The Kier molecular flexibility index (Phi) is 7.90. The van der Waals surface area contributed by atoms with E-state index >= 15 is 0 Å². The molecular formula is C20H18BrNO4S2. The van der Waals surface area contributed by atoms with Crippen molar-refractivity contribution >= 4 is 56.2 Å². The van der Waals surface area contributed by atoms with Crippen molar-refractivity contribution < 1.29 is 19.0 Å². The Morgan fingerprint density at radius 3 is 2.50 bits per heavy atom. The predicted molar refractivity (Wildman–Crippen MR) is 119 cm³/mol. The maximum atomic E-state index is 11.9. The highest BCUT2D eigenvalue weighted by Gasteiger charge is 2.22. The number of nitrogens with one attached hydrogen (secondary N) is 1. The Morgan fingerprint density at radius 1 is 1.04 bits per heavy atom. The molecule has 28 heavy (non-hydrogen) atoms. The van der Waals surface area contributed by atoms with Gasteiger partial charge < -0.3 is 19.5 Å². The van der Waals surface area contributed by atoms with E-state index in [1.54, 1.807) is 6.08 Å². The first-order chi connectivity index (χ1) is 13.6. The van der Waals surface area contributed by atoms with Crippen molar-refractivity contribution in [2.24, 2.45) is 0 Å². The summed E-state index contributed by atoms with van der Waals surface area (Å²) in [5.41, 5.74) is 0.795. The lowest BCUT2D eigenvalue weighted by Gasteiger charge is -2.11. The Labute approximate surface area is 181 Å². The molecule has 2 aromatic carbocycles. The molecule has 1 aliphatic rings. The first-order valence-electron chi connectivity index (χ1n) is 8.54. The molecule has 0 unspecified atom stereocenters. The number of thiocarbonyl (C=S) groups is 1. The van der Waals surface area contributed by atoms with E-state index in [9.17, 15) is 4.79 Å². The Balaban J connectivity index is 1.46. The smallest absolute Gasteiger partial charge is 0.263 e. The molecule has 0 bridgehead atoms. The number of halogens is 1. The molecule has 5 nitrogen and oxygen atoms in total. The molecule has 8 heteroatoms. The van der Waals surface area contributed by atoms with Crippen LogP contribution in [-0.2, 0) is 9.53 Å². The van der Waals surface area contributed by atoms with E-state index < -0.39 is 0 Å². The van der Waals surface area contributed by atoms with Crippen LogP contribution in [0.2, 0.25) is 0 Å². The second-order valence-corrected chi connectivity index (χ2v) is 8.29. The number of amides is 1. The number of benzene rings is 2. The lowest BCUT2D eigenvalue weighted by atomic mass is 10.2. The van der Waals surface area contributed by atoms with E-state index in [0.29, 0.717) is 41.4 Å². The highest BCUT2D eigenvalue weighted by Crippen LogP contribution is 2.31. The highest BCUT2D eigenvalue weighted by atomic mass is 79.9. The van der Waals surface area contributed by atoms with E-state index in [-0.39, 0.29) is 5.91 Å². The SMILES string of the molecule is O=C1NC(=S)S/C1=C\c1cc(Br)ccc1OCCOCCOc1ccccc1. The van der Waals surface area contributed by atoms with Gasteiger partial charge in [0, 0.05) is 10.0 Å². The molecule has 146 valence electrons. The molecule has 3 rings (SSSR count). The maximum absolute atomic E-state index is 11.9. The van der Waals surface area contributed by atoms with E-state index in [0.717, 1.165) is 15.8 Å². The van der Waals surface area contributed by atoms with Gasteiger partial charge in [0.2, 0.25) is 0 Å². The molecule has 0 radical (unpaired) electrons. The number of hydrogen-bond donors (Lipinski definition) is 1. The summed E-state index contributed by atoms with van der Waals surface area (Å²) in [6.45, 7) is 1.78. The summed E-state index contributed by atoms with van der Waals surface area (Å²) in [4.78, 5) is 12.4. The number of thioether (sulfide) groups is 1. The van der Waals surface area contributed by atoms with Gasteiger partial charge in [0.1, 0.15) is 29.0 Å². The fourth-order valence-electron chi connectivity index (χ4n) is 2.37. The van der Waals surface area contributed by atoms with Crippen LogP contribution in [0.15, 0.2) is 57.9 Å². The highest BCUT2D eigenvalue weighted by molar-refractivity contribution is 9.10. The number of carbonyl (C=O) groups is 1. The standard InChI is InChI=1S/C20H18BrNO4S2/c21-15-6-7-17(14(12-15)13-18-19(23)22-20(27)28-18)26-11-9-24-8-10-25-16-4-2-1-3-5-16/h1-7,12-13H,8-11H2,(H,22,23,27)/b18-13-. The van der Waals surface area contributed by atoms with Crippen molar-refractivity contribution in [2.75, 3.05) is 26.4 Å². The fraction of sp³-hybridized carbons (Fsp3) is 0.200. The van der Waals surface area contributed by atoms with Gasteiger partial charge in [0.25, 0.3) is 5.91 Å². The van der Waals surface area contributed by atoms with Crippen LogP contribution < -0.4 is 14.8 Å². The van der Waals surface area contributed by atoms with Gasteiger partial charge in [-0.15, -0.1) is 0 Å². The van der Waals surface area contributed by atoms with Crippen LogP contribution in [0.5, 0.6) is 11.5 Å². The second-order valence-electron chi connectivity index (χ2n) is 5.66. The minimum atomic E-state index is -0.192. The van der Waals surface area contributed by atoms with Gasteiger partial charge >= 0.3 is 0 Å². The molecule has 0 saturated carbocycles. The summed E-state index contributed by atoms with van der Waals surface area (Å²) in [5.74, 6) is 1.30. The van der Waals surface area contributed by atoms with Gasteiger partial charge in [-0.1, -0.05) is 58.1 Å². The third-order valence-corrected chi connectivity index (χ3v) is 5.28. The number of para-hydroxylation sites is 1. The zero-order valence-corrected chi connectivity index (χ0v) is 18.1. The summed E-state index contributed by atoms with van der Waals surface area (Å²) in [6.07, 6.45) is 1.77. The minimum Gasteiger partial charge on any atom is -0.491 e. The van der Waals surface area contributed by atoms with Crippen molar-refractivity contribution in [1.82, 2.24) is 5.32 Å². The topological polar surface area (TPSA) is 56.8 Å². The van der Waals surface area contributed by atoms with Crippen LogP contribution in [0, 0.1) is 0 Å². The zero-order chi connectivity index (χ0) is 19.8. The molecule has 0 aromatic heterocycles. The van der Waals surface area contributed by atoms with Gasteiger partial charge in [-0.05, 0) is 36.4 Å². The van der Waals surface area contributed by atoms with E-state index in [2.05, 4.69) is 21.2 Å². The third kappa shape index (κ3) is 6.34. The van der Waals surface area contributed by atoms with Crippen LogP contribution in [0.1, 0.15) is 5.56 Å². The Hall–Kier alpha value is -1.87. The van der Waals surface area contributed by atoms with Crippen molar-refractivity contribution in [3.05, 3.63) is 63.5 Å². The number of rotatable bonds is 9. The van der Waals surface area contributed by atoms with E-state index in [1.165, 1.54) is 11.8 Å². The van der Waals surface area contributed by atoms with Gasteiger partial charge in [0.15, 0.2) is 0 Å². The van der Waals surface area contributed by atoms with Crippen LogP contribution in [0.25, 0.3) is 6.08 Å². The Bertz CT molecular complexity index is 874. The quantitative estimate of drug-likeness (QED) is 0.326. The van der Waals surface area contributed by atoms with Crippen molar-refractivity contribution in [2.45, 2.75) is 0 Å². The van der Waals surface area contributed by atoms with Crippen LogP contribution in [-0.4, -0.2) is 36.7 Å². The van der Waals surface area contributed by atoms with Gasteiger partial charge in [-0.25, -0.2) is 0 Å². The first-order valence-corrected chi connectivity index (χ1v) is 10.6. The van der Waals surface area contributed by atoms with Gasteiger partial charge in [-0.3, -0.25) is 4.79 Å². The summed E-state index contributed by atoms with van der Waals surface area (Å²) in [6, 6.07) is 15.2. The molecule has 1 aliphatic heterocycles. The monoisotopic (exact) mass is 479 g/mol. The fourth-order valence-corrected chi connectivity index (χ4v) is 3.79. The normalized spacial score (nSPS) is 15.0. The molecule has 0 aliphatic carbocycles. The first kappa shape index (κ1) is 20.9. The van der Waals surface area contributed by atoms with Crippen LogP contribution in [0.4, 0.5) is 0 Å². The molecule has 1 heterocycles. The Morgan fingerprint density at radius 2 is 1.79 bits per heavy atom. The van der Waals surface area contributed by atoms with Crippen molar-refractivity contribution in [3.8, 4) is 11.5 Å². The van der Waals surface area contributed by atoms with E-state index in [4.69, 9.17) is 26.4 Å². The summed E-state index contributed by atoms with van der Waals surface area (Å²) < 4.78 is 18.3. The lowest BCUT2D eigenvalue weighted by molar-refractivity contribution is -0.115. The summed E-state index contributed by atoms with van der Waals surface area (Å²) >= 11 is 9.71. The predicted octanol–water partition coefficient (Wildman–Crippen LogP) is 4.41. The molecule has 1 fully saturated rings. The molecule has 0 spiro atoms. The molecular weight excluding hydrogens is 462 g/mol. The molecule has 1 amide bonds. The molecule has 2 aromatic rings. The molecule has 1 saturated heterocycles. The molecule has 1 N–H and O–H groups in total. The van der Waals surface area contributed by atoms with Crippen LogP contribution in [0.3, 0.4) is 0 Å². The van der Waals surface area contributed by atoms with Gasteiger partial charge in [0.05, 0.1) is 18.1 Å². The number of carbonyl (C=O) groups excluding carboxylic acids is 1.